The second-order valence-electron chi connectivity index (χ2n) is 6.04. The van der Waals surface area contributed by atoms with Crippen molar-refractivity contribution in [3.05, 3.63) is 59.9 Å². The van der Waals surface area contributed by atoms with E-state index in [1.165, 1.54) is 17.7 Å². The van der Waals surface area contributed by atoms with Crippen molar-refractivity contribution in [3.8, 4) is 17.4 Å². The van der Waals surface area contributed by atoms with Gasteiger partial charge in [0.2, 0.25) is 5.88 Å². The molecule has 152 valence electrons. The van der Waals surface area contributed by atoms with Crippen molar-refractivity contribution in [1.82, 2.24) is 15.0 Å². The van der Waals surface area contributed by atoms with Crippen LogP contribution in [-0.2, 0) is 4.74 Å². The quantitative estimate of drug-likeness (QED) is 0.424. The van der Waals surface area contributed by atoms with E-state index in [-0.39, 0.29) is 0 Å². The number of hydrogen-bond acceptors (Lipinski definition) is 9. The normalized spacial score (nSPS) is 10.6. The molecule has 1 N–H and O–H groups in total. The van der Waals surface area contributed by atoms with Gasteiger partial charge in [-0.2, -0.15) is 0 Å². The third kappa shape index (κ3) is 4.01. The Morgan fingerprint density at radius 1 is 1.10 bits per heavy atom. The van der Waals surface area contributed by atoms with Gasteiger partial charge in [-0.05, 0) is 25.1 Å². The summed E-state index contributed by atoms with van der Waals surface area (Å²) in [5.41, 5.74) is 1.12. The van der Waals surface area contributed by atoms with Crippen LogP contribution in [0.5, 0.6) is 17.4 Å². The lowest BCUT2D eigenvalue weighted by molar-refractivity contribution is 0.0529. The number of rotatable bonds is 7. The molecule has 0 fully saturated rings. The molecule has 0 aliphatic heterocycles. The van der Waals surface area contributed by atoms with Gasteiger partial charge in [0, 0.05) is 11.4 Å². The molecule has 4 rings (SSSR count). The van der Waals surface area contributed by atoms with E-state index in [2.05, 4.69) is 20.3 Å². The maximum absolute atomic E-state index is 12.3. The molecule has 0 saturated heterocycles. The summed E-state index contributed by atoms with van der Waals surface area (Å²) in [7, 11) is 1.58. The Morgan fingerprint density at radius 2 is 1.93 bits per heavy atom. The molecule has 0 aliphatic carbocycles. The zero-order chi connectivity index (χ0) is 20.9. The number of carbonyl (C=O) groups excluding carboxylic acids is 1. The molecule has 3 aromatic heterocycles. The van der Waals surface area contributed by atoms with E-state index in [0.717, 1.165) is 0 Å². The molecule has 9 heteroatoms. The number of nitrogens with one attached hydrogen (secondary N) is 1. The Hall–Kier alpha value is -3.72. The summed E-state index contributed by atoms with van der Waals surface area (Å²) < 4.78 is 16.2. The summed E-state index contributed by atoms with van der Waals surface area (Å²) in [5.74, 6) is 1.71. The summed E-state index contributed by atoms with van der Waals surface area (Å²) in [6, 6.07) is 10.9. The summed E-state index contributed by atoms with van der Waals surface area (Å²) in [6.45, 7) is 2.06. The van der Waals surface area contributed by atoms with Crippen molar-refractivity contribution in [2.24, 2.45) is 0 Å². The molecule has 1 aromatic carbocycles. The summed E-state index contributed by atoms with van der Waals surface area (Å²) in [5, 5.41) is 5.54. The van der Waals surface area contributed by atoms with Gasteiger partial charge in [0.1, 0.15) is 17.0 Å². The summed E-state index contributed by atoms with van der Waals surface area (Å²) in [6.07, 6.45) is 3.07. The number of carbonyl (C=O) groups is 1. The van der Waals surface area contributed by atoms with Crippen LogP contribution in [0.3, 0.4) is 0 Å². The van der Waals surface area contributed by atoms with Gasteiger partial charge in [0.05, 0.1) is 36.6 Å². The number of para-hydroxylation sites is 2. The number of nitrogens with zero attached hydrogens (tertiary/aromatic N) is 3. The van der Waals surface area contributed by atoms with Crippen LogP contribution in [0.1, 0.15) is 17.3 Å². The molecule has 3 heterocycles. The highest BCUT2D eigenvalue weighted by molar-refractivity contribution is 7.17. The molecular formula is C21H18N4O4S. The molecule has 0 amide bonds. The van der Waals surface area contributed by atoms with Crippen molar-refractivity contribution < 1.29 is 19.0 Å². The number of aromatic nitrogens is 3. The molecule has 0 aliphatic rings. The van der Waals surface area contributed by atoms with Crippen LogP contribution >= 0.6 is 11.3 Å². The highest BCUT2D eigenvalue weighted by Crippen LogP contribution is 2.33. The fourth-order valence-corrected chi connectivity index (χ4v) is 3.67. The van der Waals surface area contributed by atoms with Crippen molar-refractivity contribution in [3.63, 3.8) is 0 Å². The van der Waals surface area contributed by atoms with E-state index >= 15 is 0 Å². The lowest BCUT2D eigenvalue weighted by Crippen LogP contribution is -2.05. The zero-order valence-corrected chi connectivity index (χ0v) is 17.1. The molecule has 30 heavy (non-hydrogen) atoms. The first-order chi connectivity index (χ1) is 14.7. The third-order valence-electron chi connectivity index (χ3n) is 4.15. The molecular weight excluding hydrogens is 404 g/mol. The van der Waals surface area contributed by atoms with E-state index in [9.17, 15) is 4.79 Å². The molecule has 0 unspecified atom stereocenters. The van der Waals surface area contributed by atoms with Gasteiger partial charge < -0.3 is 19.5 Å². The van der Waals surface area contributed by atoms with E-state index in [1.54, 1.807) is 37.7 Å². The molecule has 0 atom stereocenters. The van der Waals surface area contributed by atoms with E-state index < -0.39 is 5.97 Å². The first-order valence-electron chi connectivity index (χ1n) is 9.13. The summed E-state index contributed by atoms with van der Waals surface area (Å²) in [4.78, 5) is 25.8. The van der Waals surface area contributed by atoms with Gasteiger partial charge in [-0.1, -0.05) is 12.1 Å². The topological polar surface area (TPSA) is 95.5 Å². The highest BCUT2D eigenvalue weighted by Gasteiger charge is 2.18. The van der Waals surface area contributed by atoms with E-state index in [0.29, 0.717) is 51.3 Å². The van der Waals surface area contributed by atoms with E-state index in [1.807, 2.05) is 24.3 Å². The second kappa shape index (κ2) is 8.75. The standard InChI is InChI=1S/C21H18N4O4S/c1-3-28-21(26)14-11-30-20-18(14)19(23-12-24-20)25-13-8-9-17(22-10-13)29-16-7-5-4-6-15(16)27-2/h4-12H,3H2,1-2H3,(H,23,24,25). The number of hydrogen-bond donors (Lipinski definition) is 1. The van der Waals surface area contributed by atoms with Gasteiger partial charge in [-0.15, -0.1) is 11.3 Å². The minimum atomic E-state index is -0.403. The first-order valence-corrected chi connectivity index (χ1v) is 10.0. The van der Waals surface area contributed by atoms with Crippen molar-refractivity contribution in [2.45, 2.75) is 6.92 Å². The number of fused-ring (bicyclic) bond motifs is 1. The van der Waals surface area contributed by atoms with Crippen LogP contribution in [0.25, 0.3) is 10.2 Å². The highest BCUT2D eigenvalue weighted by atomic mass is 32.1. The van der Waals surface area contributed by atoms with Crippen LogP contribution in [0.2, 0.25) is 0 Å². The van der Waals surface area contributed by atoms with Gasteiger partial charge in [0.15, 0.2) is 11.5 Å². The van der Waals surface area contributed by atoms with Gasteiger partial charge >= 0.3 is 5.97 Å². The van der Waals surface area contributed by atoms with Crippen LogP contribution in [0, 0.1) is 0 Å². The fourth-order valence-electron chi connectivity index (χ4n) is 2.80. The molecule has 4 aromatic rings. The number of ether oxygens (including phenoxy) is 3. The SMILES string of the molecule is CCOC(=O)c1csc2ncnc(Nc3ccc(Oc4ccccc4OC)nc3)c12. The maximum atomic E-state index is 12.3. The predicted molar refractivity (Wildman–Crippen MR) is 114 cm³/mol. The number of methoxy groups -OCH3 is 1. The minimum absolute atomic E-state index is 0.296. The molecule has 0 radical (unpaired) electrons. The zero-order valence-electron chi connectivity index (χ0n) is 16.3. The second-order valence-corrected chi connectivity index (χ2v) is 6.89. The monoisotopic (exact) mass is 422 g/mol. The van der Waals surface area contributed by atoms with Gasteiger partial charge in [-0.25, -0.2) is 19.7 Å². The Kier molecular flexibility index (Phi) is 5.71. The number of pyridine rings is 1. The number of esters is 1. The average Bonchev–Trinajstić information content (AvgIpc) is 3.21. The number of thiophene rings is 1. The molecule has 0 spiro atoms. The van der Waals surface area contributed by atoms with E-state index in [4.69, 9.17) is 14.2 Å². The number of benzene rings is 1. The fraction of sp³-hybridized carbons (Fsp3) is 0.143. The minimum Gasteiger partial charge on any atom is -0.493 e. The largest absolute Gasteiger partial charge is 0.493 e. The van der Waals surface area contributed by atoms with Crippen LogP contribution < -0.4 is 14.8 Å². The predicted octanol–water partition coefficient (Wildman–Crippen LogP) is 4.81. The van der Waals surface area contributed by atoms with Crippen molar-refractivity contribution in [1.29, 1.82) is 0 Å². The Balaban J connectivity index is 1.57. The van der Waals surface area contributed by atoms with Crippen LogP contribution in [-0.4, -0.2) is 34.6 Å². The molecule has 0 bridgehead atoms. The summed E-state index contributed by atoms with van der Waals surface area (Å²) >= 11 is 1.36. The van der Waals surface area contributed by atoms with Crippen molar-refractivity contribution in [2.75, 3.05) is 19.0 Å². The van der Waals surface area contributed by atoms with Crippen LogP contribution in [0.4, 0.5) is 11.5 Å². The third-order valence-corrected chi connectivity index (χ3v) is 5.03. The Morgan fingerprint density at radius 3 is 2.67 bits per heavy atom. The Labute approximate surface area is 176 Å². The van der Waals surface area contributed by atoms with Crippen molar-refractivity contribution >= 4 is 39.0 Å². The smallest absolute Gasteiger partial charge is 0.339 e. The van der Waals surface area contributed by atoms with Gasteiger partial charge in [0.25, 0.3) is 0 Å². The average molecular weight is 422 g/mol. The first kappa shape index (κ1) is 19.6. The Bertz CT molecular complexity index is 1180. The molecule has 8 nitrogen and oxygen atoms in total. The molecule has 0 saturated carbocycles. The lowest BCUT2D eigenvalue weighted by Gasteiger charge is -2.10. The lowest BCUT2D eigenvalue weighted by atomic mass is 10.2. The number of anilines is 2. The van der Waals surface area contributed by atoms with Crippen LogP contribution in [0.15, 0.2) is 54.3 Å². The maximum Gasteiger partial charge on any atom is 0.339 e. The van der Waals surface area contributed by atoms with Gasteiger partial charge in [-0.3, -0.25) is 0 Å².